The van der Waals surface area contributed by atoms with E-state index in [0.29, 0.717) is 0 Å². The van der Waals surface area contributed by atoms with Crippen molar-refractivity contribution in [3.8, 4) is 0 Å². The van der Waals surface area contributed by atoms with E-state index in [1.807, 2.05) is 0 Å². The van der Waals surface area contributed by atoms with Crippen LogP contribution in [0.4, 0.5) is 0 Å². The van der Waals surface area contributed by atoms with Gasteiger partial charge in [0.15, 0.2) is 5.96 Å². The predicted octanol–water partition coefficient (Wildman–Crippen LogP) is -2.31. The van der Waals surface area contributed by atoms with E-state index in [1.165, 1.54) is 5.48 Å². The second-order valence-electron chi connectivity index (χ2n) is 1.79. The van der Waals surface area contributed by atoms with Gasteiger partial charge in [0.05, 0.1) is 6.54 Å². The van der Waals surface area contributed by atoms with E-state index >= 15 is 0 Å². The van der Waals surface area contributed by atoms with Gasteiger partial charge >= 0.3 is 5.97 Å². The number of nitrogens with one attached hydrogen (secondary N) is 1. The number of aliphatic carboxylic acids is 1. The maximum atomic E-state index is 10.2. The van der Waals surface area contributed by atoms with Gasteiger partial charge in [0.25, 0.3) is 0 Å². The molecule has 0 aliphatic rings. The summed E-state index contributed by atoms with van der Waals surface area (Å²) in [7, 11) is 0. The lowest BCUT2D eigenvalue weighted by Gasteiger charge is -2.05. The molecule has 0 aromatic heterocycles. The zero-order valence-corrected chi connectivity index (χ0v) is 5.69. The Labute approximate surface area is 62.7 Å². The third kappa shape index (κ3) is 4.12. The molecule has 0 aliphatic heterocycles. The summed E-state index contributed by atoms with van der Waals surface area (Å²) in [6, 6.07) is -1.17. The molecule has 7 N–H and O–H groups in total. The van der Waals surface area contributed by atoms with Gasteiger partial charge in [0, 0.05) is 0 Å². The molecule has 0 bridgehead atoms. The average molecular weight is 162 g/mol. The summed E-state index contributed by atoms with van der Waals surface area (Å²) in [5.74, 6) is -1.44. The predicted molar refractivity (Wildman–Crippen MR) is 37.0 cm³/mol. The Bertz CT molecular complexity index is 165. The lowest BCUT2D eigenvalue weighted by molar-refractivity contribution is -0.141. The fourth-order valence-electron chi connectivity index (χ4n) is 0.371. The molecule has 0 spiro atoms. The molecule has 0 rings (SSSR count). The first kappa shape index (κ1) is 9.66. The number of carbonyl (C=O) groups is 1. The zero-order valence-electron chi connectivity index (χ0n) is 5.69. The van der Waals surface area contributed by atoms with Crippen LogP contribution in [0.1, 0.15) is 0 Å². The first-order valence-electron chi connectivity index (χ1n) is 2.75. The number of hydrogen-bond donors (Lipinski definition) is 5. The summed E-state index contributed by atoms with van der Waals surface area (Å²) < 4.78 is 0. The summed E-state index contributed by atoms with van der Waals surface area (Å²) >= 11 is 0. The summed E-state index contributed by atoms with van der Waals surface area (Å²) in [5.41, 5.74) is 11.4. The SMILES string of the molecule is NC(N)=NCC(NO)C(=O)O. The average Bonchev–Trinajstić information content (AvgIpc) is 1.87. The van der Waals surface area contributed by atoms with E-state index in [1.54, 1.807) is 0 Å². The molecule has 0 aromatic rings. The molecule has 0 aliphatic carbocycles. The van der Waals surface area contributed by atoms with Crippen molar-refractivity contribution >= 4 is 11.9 Å². The van der Waals surface area contributed by atoms with Crippen molar-refractivity contribution in [1.29, 1.82) is 0 Å². The number of hydrogen-bond acceptors (Lipinski definition) is 4. The third-order valence-corrected chi connectivity index (χ3v) is 0.910. The Morgan fingerprint density at radius 1 is 1.64 bits per heavy atom. The van der Waals surface area contributed by atoms with Gasteiger partial charge in [0.1, 0.15) is 6.04 Å². The molecule has 7 heteroatoms. The Kier molecular flexibility index (Phi) is 3.93. The van der Waals surface area contributed by atoms with Crippen LogP contribution in [0.5, 0.6) is 0 Å². The largest absolute Gasteiger partial charge is 0.480 e. The normalized spacial score (nSPS) is 12.1. The fourth-order valence-corrected chi connectivity index (χ4v) is 0.371. The first-order chi connectivity index (χ1) is 5.07. The minimum absolute atomic E-state index is 0.200. The second kappa shape index (κ2) is 4.47. The molecule has 0 saturated carbocycles. The van der Waals surface area contributed by atoms with Crippen molar-refractivity contribution in [1.82, 2.24) is 5.48 Å². The lowest BCUT2D eigenvalue weighted by Crippen LogP contribution is -2.38. The summed E-state index contributed by atoms with van der Waals surface area (Å²) in [5, 5.41) is 16.5. The highest BCUT2D eigenvalue weighted by Crippen LogP contribution is 1.82. The number of carboxylic acids is 1. The van der Waals surface area contributed by atoms with Gasteiger partial charge in [-0.2, -0.15) is 5.48 Å². The summed E-state index contributed by atoms with van der Waals surface area (Å²) in [4.78, 5) is 13.6. The highest BCUT2D eigenvalue weighted by Gasteiger charge is 2.14. The highest BCUT2D eigenvalue weighted by atomic mass is 16.5. The Balaban J connectivity index is 3.89. The molecule has 0 fully saturated rings. The molecular weight excluding hydrogens is 152 g/mol. The van der Waals surface area contributed by atoms with Crippen molar-refractivity contribution in [2.75, 3.05) is 6.54 Å². The molecule has 1 atom stereocenters. The Morgan fingerprint density at radius 2 is 2.18 bits per heavy atom. The van der Waals surface area contributed by atoms with Crippen molar-refractivity contribution in [3.05, 3.63) is 0 Å². The van der Waals surface area contributed by atoms with Gasteiger partial charge in [-0.3, -0.25) is 9.79 Å². The number of guanidine groups is 1. The topological polar surface area (TPSA) is 134 Å². The van der Waals surface area contributed by atoms with Gasteiger partial charge in [-0.1, -0.05) is 0 Å². The Hall–Kier alpha value is -1.34. The Morgan fingerprint density at radius 3 is 2.45 bits per heavy atom. The van der Waals surface area contributed by atoms with Crippen LogP contribution < -0.4 is 16.9 Å². The molecular formula is C4H10N4O3. The lowest BCUT2D eigenvalue weighted by atomic mass is 10.3. The number of carboxylic acid groups (broad SMARTS) is 1. The van der Waals surface area contributed by atoms with Crippen LogP contribution in [0.25, 0.3) is 0 Å². The van der Waals surface area contributed by atoms with E-state index in [0.717, 1.165) is 0 Å². The van der Waals surface area contributed by atoms with E-state index in [4.69, 9.17) is 21.8 Å². The molecule has 64 valence electrons. The van der Waals surface area contributed by atoms with Crippen molar-refractivity contribution in [3.63, 3.8) is 0 Å². The van der Waals surface area contributed by atoms with Crippen LogP contribution in [-0.4, -0.2) is 34.8 Å². The van der Waals surface area contributed by atoms with Gasteiger partial charge in [-0.15, -0.1) is 0 Å². The van der Waals surface area contributed by atoms with Crippen LogP contribution in [-0.2, 0) is 4.79 Å². The molecule has 0 heterocycles. The second-order valence-corrected chi connectivity index (χ2v) is 1.79. The van der Waals surface area contributed by atoms with E-state index in [9.17, 15) is 4.79 Å². The van der Waals surface area contributed by atoms with E-state index in [-0.39, 0.29) is 12.5 Å². The van der Waals surface area contributed by atoms with Gasteiger partial charge in [0.2, 0.25) is 0 Å². The number of nitrogens with zero attached hydrogens (tertiary/aromatic N) is 1. The van der Waals surface area contributed by atoms with Crippen LogP contribution in [0, 0.1) is 0 Å². The van der Waals surface area contributed by atoms with Gasteiger partial charge in [-0.05, 0) is 0 Å². The van der Waals surface area contributed by atoms with Crippen LogP contribution >= 0.6 is 0 Å². The number of rotatable bonds is 4. The van der Waals surface area contributed by atoms with E-state index < -0.39 is 12.0 Å². The molecule has 0 saturated heterocycles. The smallest absolute Gasteiger partial charge is 0.324 e. The number of nitrogens with two attached hydrogens (primary N) is 2. The number of hydroxylamine groups is 1. The molecule has 7 nitrogen and oxygen atoms in total. The maximum absolute atomic E-state index is 10.2. The molecule has 1 unspecified atom stereocenters. The quantitative estimate of drug-likeness (QED) is 0.179. The van der Waals surface area contributed by atoms with Crippen LogP contribution in [0.3, 0.4) is 0 Å². The fraction of sp³-hybridized carbons (Fsp3) is 0.500. The van der Waals surface area contributed by atoms with E-state index in [2.05, 4.69) is 4.99 Å². The summed E-state index contributed by atoms with van der Waals surface area (Å²) in [6.07, 6.45) is 0. The third-order valence-electron chi connectivity index (χ3n) is 0.910. The number of aliphatic imine (C=N–C) groups is 1. The monoisotopic (exact) mass is 162 g/mol. The summed E-state index contributed by atoms with van der Waals surface area (Å²) in [6.45, 7) is -0.200. The van der Waals surface area contributed by atoms with Crippen LogP contribution in [0.2, 0.25) is 0 Å². The maximum Gasteiger partial charge on any atom is 0.324 e. The van der Waals surface area contributed by atoms with Crippen molar-refractivity contribution in [2.24, 2.45) is 16.5 Å². The molecule has 0 amide bonds. The minimum atomic E-state index is -1.22. The molecule has 11 heavy (non-hydrogen) atoms. The molecule has 0 radical (unpaired) electrons. The van der Waals surface area contributed by atoms with Crippen molar-refractivity contribution < 1.29 is 15.1 Å². The standard InChI is InChI=1S/C4H10N4O3/c5-4(6)7-1-2(8-11)3(9)10/h2,8,11H,1H2,(H,9,10)(H4,5,6,7). The van der Waals surface area contributed by atoms with Crippen molar-refractivity contribution in [2.45, 2.75) is 6.04 Å². The molecule has 0 aromatic carbocycles. The van der Waals surface area contributed by atoms with Gasteiger partial charge in [-0.25, -0.2) is 0 Å². The highest BCUT2D eigenvalue weighted by molar-refractivity contribution is 5.77. The van der Waals surface area contributed by atoms with Crippen LogP contribution in [0.15, 0.2) is 4.99 Å². The minimum Gasteiger partial charge on any atom is -0.480 e. The first-order valence-corrected chi connectivity index (χ1v) is 2.75. The zero-order chi connectivity index (χ0) is 8.85. The van der Waals surface area contributed by atoms with Gasteiger partial charge < -0.3 is 21.8 Å².